The summed E-state index contributed by atoms with van der Waals surface area (Å²) in [5.74, 6) is 1.70. The first-order valence-electron chi connectivity index (χ1n) is 7.40. The highest BCUT2D eigenvalue weighted by Crippen LogP contribution is 2.42. The summed E-state index contributed by atoms with van der Waals surface area (Å²) >= 11 is 0. The fourth-order valence-electron chi connectivity index (χ4n) is 2.83. The Morgan fingerprint density at radius 1 is 1.13 bits per heavy atom. The van der Waals surface area contributed by atoms with Gasteiger partial charge in [0.25, 0.3) is 5.91 Å². The Morgan fingerprint density at radius 3 is 2.83 bits per heavy atom. The van der Waals surface area contributed by atoms with Gasteiger partial charge >= 0.3 is 0 Å². The average Bonchev–Trinajstić information content (AvgIpc) is 2.60. The van der Waals surface area contributed by atoms with Crippen LogP contribution in [-0.4, -0.2) is 26.2 Å². The quantitative estimate of drug-likeness (QED) is 0.891. The van der Waals surface area contributed by atoms with Crippen LogP contribution in [-0.2, 0) is 0 Å². The van der Waals surface area contributed by atoms with Gasteiger partial charge in [0.15, 0.2) is 11.5 Å². The molecule has 0 spiro atoms. The summed E-state index contributed by atoms with van der Waals surface area (Å²) in [6.45, 7) is 0.987. The van der Waals surface area contributed by atoms with Crippen LogP contribution in [0.25, 0.3) is 0 Å². The maximum Gasteiger partial charge on any atom is 0.255 e. The first kappa shape index (κ1) is 13.8. The molecule has 0 fully saturated rings. The molecule has 1 atom stereocenters. The molecule has 2 aromatic carbocycles. The zero-order chi connectivity index (χ0) is 15.8. The second-order valence-corrected chi connectivity index (χ2v) is 5.34. The molecule has 6 heteroatoms. The number of carbonyl (C=O) groups excluding carboxylic acids is 1. The van der Waals surface area contributed by atoms with Gasteiger partial charge in [0, 0.05) is 11.3 Å². The van der Waals surface area contributed by atoms with E-state index >= 15 is 0 Å². The first-order valence-corrected chi connectivity index (χ1v) is 7.40. The van der Waals surface area contributed by atoms with E-state index in [1.54, 1.807) is 13.2 Å². The highest BCUT2D eigenvalue weighted by atomic mass is 16.6. The first-order chi connectivity index (χ1) is 11.3. The summed E-state index contributed by atoms with van der Waals surface area (Å²) in [6, 6.07) is 11.1. The van der Waals surface area contributed by atoms with Crippen molar-refractivity contribution in [1.82, 2.24) is 5.32 Å². The molecule has 2 N–H and O–H groups in total. The molecule has 4 rings (SSSR count). The Kier molecular flexibility index (Phi) is 3.22. The van der Waals surface area contributed by atoms with Crippen molar-refractivity contribution in [2.24, 2.45) is 0 Å². The molecule has 23 heavy (non-hydrogen) atoms. The molecule has 118 valence electrons. The van der Waals surface area contributed by atoms with E-state index in [0.29, 0.717) is 36.0 Å². The fourth-order valence-corrected chi connectivity index (χ4v) is 2.83. The summed E-state index contributed by atoms with van der Waals surface area (Å²) in [5, 5.41) is 6.26. The van der Waals surface area contributed by atoms with Crippen LogP contribution in [0.4, 0.5) is 5.69 Å². The lowest BCUT2D eigenvalue weighted by molar-refractivity contribution is 0.0935. The molecule has 2 heterocycles. The number of ether oxygens (including phenoxy) is 3. The Bertz CT molecular complexity index is 758. The largest absolute Gasteiger partial charge is 0.493 e. The number of methoxy groups -OCH3 is 1. The van der Waals surface area contributed by atoms with Crippen LogP contribution < -0.4 is 24.8 Å². The average molecular weight is 312 g/mol. The molecule has 0 aliphatic carbocycles. The van der Waals surface area contributed by atoms with Crippen LogP contribution >= 0.6 is 0 Å². The molecule has 0 saturated carbocycles. The van der Waals surface area contributed by atoms with Crippen molar-refractivity contribution < 1.29 is 19.0 Å². The van der Waals surface area contributed by atoms with Gasteiger partial charge in [-0.2, -0.15) is 0 Å². The zero-order valence-electron chi connectivity index (χ0n) is 12.6. The van der Waals surface area contributed by atoms with Crippen LogP contribution in [0.2, 0.25) is 0 Å². The third-order valence-corrected chi connectivity index (χ3v) is 3.93. The molecule has 0 bridgehead atoms. The second kappa shape index (κ2) is 5.39. The van der Waals surface area contributed by atoms with E-state index < -0.39 is 0 Å². The molecule has 1 amide bonds. The van der Waals surface area contributed by atoms with Crippen LogP contribution in [0.5, 0.6) is 17.2 Å². The lowest BCUT2D eigenvalue weighted by atomic mass is 10.0. The molecule has 0 unspecified atom stereocenters. The predicted octanol–water partition coefficient (Wildman–Crippen LogP) is 2.32. The smallest absolute Gasteiger partial charge is 0.255 e. The minimum absolute atomic E-state index is 0.113. The molecule has 2 aliphatic rings. The van der Waals surface area contributed by atoms with Gasteiger partial charge in [-0.25, -0.2) is 0 Å². The van der Waals surface area contributed by atoms with Gasteiger partial charge in [-0.15, -0.1) is 0 Å². The lowest BCUT2D eigenvalue weighted by Crippen LogP contribution is -2.38. The van der Waals surface area contributed by atoms with Gasteiger partial charge in [0.05, 0.1) is 12.7 Å². The standard InChI is InChI=1S/C17H16N2O4/c1-21-13-8-10(9-14-15(13)23-7-6-22-14)16-18-12-5-3-2-4-11(12)17(20)19-16/h2-5,8-9,16,18H,6-7H2,1H3,(H,19,20)/t16-/m1/s1. The highest BCUT2D eigenvalue weighted by molar-refractivity contribution is 6.01. The minimum atomic E-state index is -0.359. The number of anilines is 1. The zero-order valence-corrected chi connectivity index (χ0v) is 12.6. The Labute approximate surface area is 133 Å². The van der Waals surface area contributed by atoms with Gasteiger partial charge in [0.2, 0.25) is 5.75 Å². The summed E-state index contributed by atoms with van der Waals surface area (Å²) in [5.41, 5.74) is 2.28. The van der Waals surface area contributed by atoms with Crippen LogP contribution in [0.15, 0.2) is 36.4 Å². The Hall–Kier alpha value is -2.89. The van der Waals surface area contributed by atoms with E-state index in [9.17, 15) is 4.79 Å². The number of carbonyl (C=O) groups is 1. The number of nitrogens with one attached hydrogen (secondary N) is 2. The number of hydrogen-bond donors (Lipinski definition) is 2. The van der Waals surface area contributed by atoms with Crippen molar-refractivity contribution in [1.29, 1.82) is 0 Å². The van der Waals surface area contributed by atoms with E-state index in [4.69, 9.17) is 14.2 Å². The van der Waals surface area contributed by atoms with Crippen molar-refractivity contribution in [2.75, 3.05) is 25.6 Å². The van der Waals surface area contributed by atoms with Crippen molar-refractivity contribution in [3.05, 3.63) is 47.5 Å². The Morgan fingerprint density at radius 2 is 1.96 bits per heavy atom. The van der Waals surface area contributed by atoms with Crippen molar-refractivity contribution in [2.45, 2.75) is 6.17 Å². The number of fused-ring (bicyclic) bond motifs is 2. The van der Waals surface area contributed by atoms with Crippen molar-refractivity contribution in [3.8, 4) is 17.2 Å². The van der Waals surface area contributed by atoms with Gasteiger partial charge in [-0.05, 0) is 24.3 Å². The second-order valence-electron chi connectivity index (χ2n) is 5.34. The number of hydrogen-bond acceptors (Lipinski definition) is 5. The van der Waals surface area contributed by atoms with Gasteiger partial charge in [-0.1, -0.05) is 12.1 Å². The molecule has 0 aromatic heterocycles. The van der Waals surface area contributed by atoms with Crippen molar-refractivity contribution >= 4 is 11.6 Å². The lowest BCUT2D eigenvalue weighted by Gasteiger charge is -2.29. The highest BCUT2D eigenvalue weighted by Gasteiger charge is 2.27. The molecule has 2 aromatic rings. The summed E-state index contributed by atoms with van der Waals surface area (Å²) < 4.78 is 16.7. The number of rotatable bonds is 2. The van der Waals surface area contributed by atoms with Gasteiger partial charge < -0.3 is 24.8 Å². The molecular weight excluding hydrogens is 296 g/mol. The molecular formula is C17H16N2O4. The molecule has 6 nitrogen and oxygen atoms in total. The van der Waals surface area contributed by atoms with E-state index in [0.717, 1.165) is 11.3 Å². The normalized spacial score (nSPS) is 18.5. The van der Waals surface area contributed by atoms with Crippen molar-refractivity contribution in [3.63, 3.8) is 0 Å². The number of para-hydroxylation sites is 1. The van der Waals surface area contributed by atoms with Gasteiger partial charge in [-0.3, -0.25) is 4.79 Å². The van der Waals surface area contributed by atoms with Gasteiger partial charge in [0.1, 0.15) is 19.4 Å². The number of benzene rings is 2. The van der Waals surface area contributed by atoms with Crippen LogP contribution in [0, 0.1) is 0 Å². The monoisotopic (exact) mass is 312 g/mol. The van der Waals surface area contributed by atoms with E-state index in [1.165, 1.54) is 0 Å². The third kappa shape index (κ3) is 2.32. The molecule has 0 saturated heterocycles. The molecule has 0 radical (unpaired) electrons. The maximum absolute atomic E-state index is 12.3. The number of amides is 1. The SMILES string of the molecule is COc1cc([C@H]2NC(=O)c3ccccc3N2)cc2c1OCCO2. The van der Waals surface area contributed by atoms with E-state index in [-0.39, 0.29) is 12.1 Å². The fraction of sp³-hybridized carbons (Fsp3) is 0.235. The third-order valence-electron chi connectivity index (χ3n) is 3.93. The maximum atomic E-state index is 12.3. The summed E-state index contributed by atoms with van der Waals surface area (Å²) in [7, 11) is 1.58. The minimum Gasteiger partial charge on any atom is -0.493 e. The van der Waals surface area contributed by atoms with Crippen LogP contribution in [0.1, 0.15) is 22.1 Å². The molecule has 2 aliphatic heterocycles. The summed E-state index contributed by atoms with van der Waals surface area (Å²) in [4.78, 5) is 12.3. The van der Waals surface area contributed by atoms with E-state index in [1.807, 2.05) is 30.3 Å². The van der Waals surface area contributed by atoms with E-state index in [2.05, 4.69) is 10.6 Å². The Balaban J connectivity index is 1.73. The van der Waals surface area contributed by atoms with Crippen LogP contribution in [0.3, 0.4) is 0 Å². The topological polar surface area (TPSA) is 68.8 Å². The predicted molar refractivity (Wildman–Crippen MR) is 84.3 cm³/mol. The summed E-state index contributed by atoms with van der Waals surface area (Å²) in [6.07, 6.45) is -0.359.